The number of amides is 1. The molecule has 0 radical (unpaired) electrons. The molecule has 2 N–H and O–H groups in total. The minimum Gasteiger partial charge on any atom is -0.478 e. The molecular formula is C17H23NO5. The number of carboxylic acids is 1. The number of rotatable bonds is 8. The molecule has 1 aliphatic rings. The number of aromatic carboxylic acids is 1. The van der Waals surface area contributed by atoms with Gasteiger partial charge in [-0.15, -0.1) is 0 Å². The highest BCUT2D eigenvalue weighted by atomic mass is 16.5. The highest BCUT2D eigenvalue weighted by molar-refractivity contribution is 5.97. The Bertz CT molecular complexity index is 580. The molecule has 0 unspecified atom stereocenters. The van der Waals surface area contributed by atoms with Gasteiger partial charge in [-0.25, -0.2) is 4.79 Å². The largest absolute Gasteiger partial charge is 0.478 e. The first-order valence-electron chi connectivity index (χ1n) is 7.67. The van der Waals surface area contributed by atoms with Crippen molar-refractivity contribution in [1.82, 2.24) is 0 Å². The Kier molecular flexibility index (Phi) is 5.74. The molecule has 0 spiro atoms. The lowest BCUT2D eigenvalue weighted by Crippen LogP contribution is -2.42. The molecule has 1 saturated carbocycles. The van der Waals surface area contributed by atoms with Gasteiger partial charge in [0.2, 0.25) is 5.91 Å². The quantitative estimate of drug-likeness (QED) is 0.769. The fourth-order valence-electron chi connectivity index (χ4n) is 2.89. The maximum absolute atomic E-state index is 12.6. The van der Waals surface area contributed by atoms with Gasteiger partial charge in [0.15, 0.2) is 0 Å². The van der Waals surface area contributed by atoms with Crippen LogP contribution >= 0.6 is 0 Å². The highest BCUT2D eigenvalue weighted by Gasteiger charge is 2.43. The summed E-state index contributed by atoms with van der Waals surface area (Å²) in [4.78, 5) is 23.9. The van der Waals surface area contributed by atoms with Gasteiger partial charge >= 0.3 is 5.97 Å². The first-order valence-corrected chi connectivity index (χ1v) is 7.67. The number of hydrogen-bond donors (Lipinski definition) is 2. The van der Waals surface area contributed by atoms with Crippen LogP contribution in [0.1, 0.15) is 41.6 Å². The molecule has 1 fully saturated rings. The van der Waals surface area contributed by atoms with Crippen molar-refractivity contribution in [2.75, 3.05) is 26.1 Å². The van der Waals surface area contributed by atoms with Crippen molar-refractivity contribution in [1.29, 1.82) is 0 Å². The SMILES string of the molecule is COCCC1(C(=O)Nc2cc(COC)cc(C(=O)O)c2)CCC1. The smallest absolute Gasteiger partial charge is 0.335 e. The van der Waals surface area contributed by atoms with E-state index in [9.17, 15) is 14.7 Å². The zero-order valence-electron chi connectivity index (χ0n) is 13.6. The summed E-state index contributed by atoms with van der Waals surface area (Å²) in [6.07, 6.45) is 3.39. The minimum absolute atomic E-state index is 0.0632. The van der Waals surface area contributed by atoms with E-state index in [0.717, 1.165) is 19.3 Å². The fourth-order valence-corrected chi connectivity index (χ4v) is 2.89. The summed E-state index contributed by atoms with van der Waals surface area (Å²) in [7, 11) is 3.16. The molecule has 1 aromatic rings. The highest BCUT2D eigenvalue weighted by Crippen LogP contribution is 2.44. The van der Waals surface area contributed by atoms with E-state index in [0.29, 0.717) is 30.9 Å². The number of carbonyl (C=O) groups excluding carboxylic acids is 1. The standard InChI is InChI=1S/C17H23NO5/c1-22-7-6-17(4-3-5-17)16(21)18-14-9-12(11-23-2)8-13(10-14)15(19)20/h8-10H,3-7,11H2,1-2H3,(H,18,21)(H,19,20). The van der Waals surface area contributed by atoms with E-state index in [1.165, 1.54) is 6.07 Å². The van der Waals surface area contributed by atoms with Crippen molar-refractivity contribution in [2.24, 2.45) is 5.41 Å². The van der Waals surface area contributed by atoms with Gasteiger partial charge in [0.05, 0.1) is 17.6 Å². The van der Waals surface area contributed by atoms with Crippen molar-refractivity contribution in [3.63, 3.8) is 0 Å². The molecule has 0 aromatic heterocycles. The Hall–Kier alpha value is -1.92. The van der Waals surface area contributed by atoms with E-state index in [1.807, 2.05) is 0 Å². The second kappa shape index (κ2) is 7.57. The number of benzene rings is 1. The van der Waals surface area contributed by atoms with Crippen LogP contribution in [0.2, 0.25) is 0 Å². The third-order valence-electron chi connectivity index (χ3n) is 4.39. The molecule has 0 saturated heterocycles. The summed E-state index contributed by atoms with van der Waals surface area (Å²) >= 11 is 0. The molecule has 23 heavy (non-hydrogen) atoms. The second-order valence-corrected chi connectivity index (χ2v) is 5.99. The molecule has 126 valence electrons. The number of methoxy groups -OCH3 is 2. The average Bonchev–Trinajstić information content (AvgIpc) is 2.46. The molecule has 0 bridgehead atoms. The molecule has 6 nitrogen and oxygen atoms in total. The zero-order chi connectivity index (χ0) is 16.9. The molecule has 6 heteroatoms. The maximum atomic E-state index is 12.6. The van der Waals surface area contributed by atoms with Crippen molar-refractivity contribution in [3.8, 4) is 0 Å². The predicted molar refractivity (Wildman–Crippen MR) is 85.5 cm³/mol. The van der Waals surface area contributed by atoms with Crippen LogP contribution in [0.3, 0.4) is 0 Å². The van der Waals surface area contributed by atoms with Crippen LogP contribution in [0.25, 0.3) is 0 Å². The van der Waals surface area contributed by atoms with E-state index < -0.39 is 11.4 Å². The van der Waals surface area contributed by atoms with Crippen LogP contribution in [0.5, 0.6) is 0 Å². The first kappa shape index (κ1) is 17.4. The Labute approximate surface area is 135 Å². The van der Waals surface area contributed by atoms with Crippen LogP contribution < -0.4 is 5.32 Å². The van der Waals surface area contributed by atoms with E-state index in [-0.39, 0.29) is 11.5 Å². The molecule has 2 rings (SSSR count). The maximum Gasteiger partial charge on any atom is 0.335 e. The van der Waals surface area contributed by atoms with Crippen molar-refractivity contribution in [3.05, 3.63) is 29.3 Å². The lowest BCUT2D eigenvalue weighted by Gasteiger charge is -2.40. The van der Waals surface area contributed by atoms with Crippen molar-refractivity contribution in [2.45, 2.75) is 32.3 Å². The van der Waals surface area contributed by atoms with E-state index in [2.05, 4.69) is 5.32 Å². The number of hydrogen-bond acceptors (Lipinski definition) is 4. The third-order valence-corrected chi connectivity index (χ3v) is 4.39. The van der Waals surface area contributed by atoms with Gasteiger partial charge in [0.1, 0.15) is 0 Å². The average molecular weight is 321 g/mol. The van der Waals surface area contributed by atoms with E-state index >= 15 is 0 Å². The summed E-state index contributed by atoms with van der Waals surface area (Å²) < 4.78 is 10.2. The van der Waals surface area contributed by atoms with Crippen LogP contribution in [0.15, 0.2) is 18.2 Å². The zero-order valence-corrected chi connectivity index (χ0v) is 13.6. The Morgan fingerprint density at radius 2 is 1.96 bits per heavy atom. The second-order valence-electron chi connectivity index (χ2n) is 5.99. The third kappa shape index (κ3) is 4.09. The number of ether oxygens (including phenoxy) is 2. The van der Waals surface area contributed by atoms with Gasteiger partial charge in [-0.3, -0.25) is 4.79 Å². The molecule has 0 atom stereocenters. The molecule has 1 aromatic carbocycles. The van der Waals surface area contributed by atoms with Gasteiger partial charge in [-0.05, 0) is 43.0 Å². The summed E-state index contributed by atoms with van der Waals surface area (Å²) in [5.74, 6) is -1.09. The lowest BCUT2D eigenvalue weighted by molar-refractivity contribution is -0.131. The van der Waals surface area contributed by atoms with Gasteiger partial charge < -0.3 is 19.9 Å². The molecular weight excluding hydrogens is 298 g/mol. The minimum atomic E-state index is -1.03. The Morgan fingerprint density at radius 3 is 2.48 bits per heavy atom. The van der Waals surface area contributed by atoms with Crippen molar-refractivity contribution >= 4 is 17.6 Å². The number of nitrogens with one attached hydrogen (secondary N) is 1. The number of anilines is 1. The predicted octanol–water partition coefficient (Wildman–Crippen LogP) is 2.68. The normalized spacial score (nSPS) is 15.7. The van der Waals surface area contributed by atoms with Crippen LogP contribution in [-0.2, 0) is 20.9 Å². The van der Waals surface area contributed by atoms with Gasteiger partial charge in [-0.2, -0.15) is 0 Å². The molecule has 0 aliphatic heterocycles. The summed E-state index contributed by atoms with van der Waals surface area (Å²) in [6, 6.07) is 4.77. The lowest BCUT2D eigenvalue weighted by atomic mass is 9.66. The van der Waals surface area contributed by atoms with Gasteiger partial charge in [-0.1, -0.05) is 6.42 Å². The first-order chi connectivity index (χ1) is 11.0. The summed E-state index contributed by atoms with van der Waals surface area (Å²) in [5.41, 5.74) is 0.943. The molecule has 1 aliphatic carbocycles. The van der Waals surface area contributed by atoms with Crippen LogP contribution in [0, 0.1) is 5.41 Å². The van der Waals surface area contributed by atoms with Gasteiger partial charge in [0, 0.05) is 26.5 Å². The number of carbonyl (C=O) groups is 2. The topological polar surface area (TPSA) is 84.9 Å². The number of carboxylic acid groups (broad SMARTS) is 1. The van der Waals surface area contributed by atoms with Crippen LogP contribution in [-0.4, -0.2) is 37.8 Å². The molecule has 0 heterocycles. The summed E-state index contributed by atoms with van der Waals surface area (Å²) in [5, 5.41) is 12.1. The molecule has 1 amide bonds. The summed E-state index contributed by atoms with van der Waals surface area (Å²) in [6.45, 7) is 0.830. The Morgan fingerprint density at radius 1 is 1.22 bits per heavy atom. The monoisotopic (exact) mass is 321 g/mol. The Balaban J connectivity index is 2.17. The fraction of sp³-hybridized carbons (Fsp3) is 0.529. The van der Waals surface area contributed by atoms with E-state index in [4.69, 9.17) is 9.47 Å². The van der Waals surface area contributed by atoms with Crippen LogP contribution in [0.4, 0.5) is 5.69 Å². The van der Waals surface area contributed by atoms with Crippen molar-refractivity contribution < 1.29 is 24.2 Å². The van der Waals surface area contributed by atoms with E-state index in [1.54, 1.807) is 26.4 Å². The van der Waals surface area contributed by atoms with Gasteiger partial charge in [0.25, 0.3) is 0 Å².